The van der Waals surface area contributed by atoms with Crippen molar-refractivity contribution < 1.29 is 9.47 Å². The van der Waals surface area contributed by atoms with E-state index in [-0.39, 0.29) is 0 Å². The van der Waals surface area contributed by atoms with Crippen LogP contribution in [0.25, 0.3) is 0 Å². The standard InChI is InChI=1S/C14H17BN2O2/c1-4-17-11(7-8-16-17)9-10-5-6-12(18-2)13(15)14(10)19-3/h5-8H,4,9H2,1-3H3. The molecule has 0 aliphatic carbocycles. The number of aryl methyl sites for hydroxylation is 1. The van der Waals surface area contributed by atoms with Gasteiger partial charge in [0.15, 0.2) is 0 Å². The summed E-state index contributed by atoms with van der Waals surface area (Å²) in [6, 6.07) is 5.84. The van der Waals surface area contributed by atoms with E-state index in [0.29, 0.717) is 17.0 Å². The number of aromatic nitrogens is 2. The molecule has 4 nitrogen and oxygen atoms in total. The first kappa shape index (κ1) is 13.5. The number of benzene rings is 1. The first-order valence-electron chi connectivity index (χ1n) is 6.21. The van der Waals surface area contributed by atoms with Crippen molar-refractivity contribution in [2.24, 2.45) is 0 Å². The van der Waals surface area contributed by atoms with E-state index in [1.54, 1.807) is 20.4 Å². The lowest BCUT2D eigenvalue weighted by Crippen LogP contribution is -2.14. The van der Waals surface area contributed by atoms with E-state index in [4.69, 9.17) is 17.3 Å². The minimum Gasteiger partial charge on any atom is -0.497 e. The summed E-state index contributed by atoms with van der Waals surface area (Å²) in [7, 11) is 9.24. The summed E-state index contributed by atoms with van der Waals surface area (Å²) < 4.78 is 12.6. The van der Waals surface area contributed by atoms with Gasteiger partial charge in [0.25, 0.3) is 0 Å². The minimum absolute atomic E-state index is 0.532. The molecule has 0 amide bonds. The number of nitrogens with zero attached hydrogens (tertiary/aromatic N) is 2. The number of rotatable bonds is 5. The van der Waals surface area contributed by atoms with Gasteiger partial charge < -0.3 is 9.47 Å². The first-order valence-corrected chi connectivity index (χ1v) is 6.21. The highest BCUT2D eigenvalue weighted by molar-refractivity contribution is 6.36. The summed E-state index contributed by atoms with van der Waals surface area (Å²) in [4.78, 5) is 0. The average molecular weight is 256 g/mol. The van der Waals surface area contributed by atoms with E-state index in [1.165, 1.54) is 0 Å². The highest BCUT2D eigenvalue weighted by Gasteiger charge is 2.12. The second kappa shape index (κ2) is 5.82. The Morgan fingerprint density at radius 3 is 2.63 bits per heavy atom. The lowest BCUT2D eigenvalue weighted by Gasteiger charge is -2.15. The molecule has 19 heavy (non-hydrogen) atoms. The molecule has 0 atom stereocenters. The van der Waals surface area contributed by atoms with Crippen LogP contribution in [0, 0.1) is 0 Å². The molecule has 2 rings (SSSR count). The van der Waals surface area contributed by atoms with Crippen LogP contribution in [0.1, 0.15) is 18.2 Å². The van der Waals surface area contributed by atoms with Crippen LogP contribution in [0.15, 0.2) is 24.4 Å². The van der Waals surface area contributed by atoms with E-state index in [9.17, 15) is 0 Å². The van der Waals surface area contributed by atoms with Crippen molar-refractivity contribution in [3.63, 3.8) is 0 Å². The molecule has 0 saturated carbocycles. The molecule has 1 heterocycles. The molecule has 5 heteroatoms. The maximum Gasteiger partial charge on any atom is 0.124 e. The SMILES string of the molecule is [B]c1c(OC)ccc(Cc2ccnn2CC)c1OC. The quantitative estimate of drug-likeness (QED) is 0.756. The fraction of sp³-hybridized carbons (Fsp3) is 0.357. The van der Waals surface area contributed by atoms with Gasteiger partial charge in [0.05, 0.1) is 14.2 Å². The zero-order valence-electron chi connectivity index (χ0n) is 11.5. The van der Waals surface area contributed by atoms with Gasteiger partial charge in [0, 0.05) is 24.9 Å². The zero-order valence-corrected chi connectivity index (χ0v) is 11.5. The van der Waals surface area contributed by atoms with E-state index in [1.807, 2.05) is 22.9 Å². The van der Waals surface area contributed by atoms with Crippen LogP contribution in [0.5, 0.6) is 11.5 Å². The average Bonchev–Trinajstić information content (AvgIpc) is 2.86. The molecule has 1 aromatic heterocycles. The summed E-state index contributed by atoms with van der Waals surface area (Å²) in [6.45, 7) is 2.91. The van der Waals surface area contributed by atoms with Gasteiger partial charge in [-0.25, -0.2) is 0 Å². The van der Waals surface area contributed by atoms with Gasteiger partial charge in [-0.05, 0) is 30.1 Å². The number of ether oxygens (including phenoxy) is 2. The molecule has 0 aliphatic rings. The van der Waals surface area contributed by atoms with Crippen LogP contribution < -0.4 is 14.9 Å². The summed E-state index contributed by atoms with van der Waals surface area (Å²) in [6.07, 6.45) is 2.53. The lowest BCUT2D eigenvalue weighted by atomic mass is 9.90. The first-order chi connectivity index (χ1) is 9.21. The minimum atomic E-state index is 0.532. The van der Waals surface area contributed by atoms with Crippen LogP contribution in [-0.4, -0.2) is 31.8 Å². The normalized spacial score (nSPS) is 10.5. The highest BCUT2D eigenvalue weighted by atomic mass is 16.5. The smallest absolute Gasteiger partial charge is 0.124 e. The van der Waals surface area contributed by atoms with Gasteiger partial charge in [-0.1, -0.05) is 6.07 Å². The Morgan fingerprint density at radius 2 is 2.00 bits per heavy atom. The van der Waals surface area contributed by atoms with Crippen LogP contribution >= 0.6 is 0 Å². The fourth-order valence-electron chi connectivity index (χ4n) is 2.17. The van der Waals surface area contributed by atoms with E-state index in [2.05, 4.69) is 12.0 Å². The zero-order chi connectivity index (χ0) is 13.8. The molecule has 0 saturated heterocycles. The number of methoxy groups -OCH3 is 2. The predicted octanol–water partition coefficient (Wildman–Crippen LogP) is 1.30. The Morgan fingerprint density at radius 1 is 1.21 bits per heavy atom. The van der Waals surface area contributed by atoms with Gasteiger partial charge in [0.2, 0.25) is 0 Å². The fourth-order valence-corrected chi connectivity index (χ4v) is 2.17. The van der Waals surface area contributed by atoms with Crippen molar-refractivity contribution in [1.29, 1.82) is 0 Å². The van der Waals surface area contributed by atoms with Gasteiger partial charge in [0.1, 0.15) is 19.3 Å². The molecule has 0 spiro atoms. The molecule has 1 aromatic carbocycles. The summed E-state index contributed by atoms with van der Waals surface area (Å²) in [5, 5.41) is 4.26. The molecule has 0 bridgehead atoms. The monoisotopic (exact) mass is 256 g/mol. The largest absolute Gasteiger partial charge is 0.497 e. The molecule has 0 aliphatic heterocycles. The second-order valence-corrected chi connectivity index (χ2v) is 4.19. The molecule has 0 unspecified atom stereocenters. The summed E-state index contributed by atoms with van der Waals surface area (Å²) in [5.41, 5.74) is 2.69. The Kier molecular flexibility index (Phi) is 4.15. The summed E-state index contributed by atoms with van der Waals surface area (Å²) in [5.74, 6) is 1.30. The summed E-state index contributed by atoms with van der Waals surface area (Å²) >= 11 is 0. The van der Waals surface area contributed by atoms with Crippen molar-refractivity contribution in [2.45, 2.75) is 19.9 Å². The van der Waals surface area contributed by atoms with Crippen molar-refractivity contribution in [1.82, 2.24) is 9.78 Å². The van der Waals surface area contributed by atoms with E-state index >= 15 is 0 Å². The van der Waals surface area contributed by atoms with Crippen LogP contribution in [-0.2, 0) is 13.0 Å². The Balaban J connectivity index is 2.38. The van der Waals surface area contributed by atoms with Gasteiger partial charge in [-0.3, -0.25) is 4.68 Å². The Labute approximate surface area is 114 Å². The third-order valence-corrected chi connectivity index (χ3v) is 3.14. The molecular formula is C14H17BN2O2. The molecule has 2 aromatic rings. The van der Waals surface area contributed by atoms with Crippen molar-refractivity contribution >= 4 is 13.3 Å². The lowest BCUT2D eigenvalue weighted by molar-refractivity contribution is 0.397. The van der Waals surface area contributed by atoms with E-state index < -0.39 is 0 Å². The third kappa shape index (κ3) is 2.60. The third-order valence-electron chi connectivity index (χ3n) is 3.14. The predicted molar refractivity (Wildman–Crippen MR) is 75.6 cm³/mol. The molecule has 0 N–H and O–H groups in total. The van der Waals surface area contributed by atoms with Gasteiger partial charge in [-0.15, -0.1) is 0 Å². The maximum absolute atomic E-state index is 6.03. The molecular weight excluding hydrogens is 239 g/mol. The topological polar surface area (TPSA) is 36.3 Å². The highest BCUT2D eigenvalue weighted by Crippen LogP contribution is 2.23. The molecule has 2 radical (unpaired) electrons. The Hall–Kier alpha value is -1.91. The van der Waals surface area contributed by atoms with Crippen LogP contribution in [0.2, 0.25) is 0 Å². The van der Waals surface area contributed by atoms with Crippen LogP contribution in [0.3, 0.4) is 0 Å². The number of hydrogen-bond donors (Lipinski definition) is 0. The van der Waals surface area contributed by atoms with Crippen LogP contribution in [0.4, 0.5) is 0 Å². The number of hydrogen-bond acceptors (Lipinski definition) is 3. The van der Waals surface area contributed by atoms with Crippen molar-refractivity contribution in [3.05, 3.63) is 35.7 Å². The molecule has 0 fully saturated rings. The van der Waals surface area contributed by atoms with E-state index in [0.717, 1.165) is 24.2 Å². The van der Waals surface area contributed by atoms with Crippen molar-refractivity contribution in [3.8, 4) is 11.5 Å². The van der Waals surface area contributed by atoms with Gasteiger partial charge >= 0.3 is 0 Å². The van der Waals surface area contributed by atoms with Gasteiger partial charge in [-0.2, -0.15) is 5.10 Å². The second-order valence-electron chi connectivity index (χ2n) is 4.19. The molecule has 98 valence electrons. The van der Waals surface area contributed by atoms with Crippen molar-refractivity contribution in [2.75, 3.05) is 14.2 Å². The Bertz CT molecular complexity index is 567. The maximum atomic E-state index is 6.03.